The van der Waals surface area contributed by atoms with E-state index in [9.17, 15) is 0 Å². The smallest absolute Gasteiger partial charge is 0.0801 e. The van der Waals surface area contributed by atoms with Gasteiger partial charge in [0.1, 0.15) is 0 Å². The van der Waals surface area contributed by atoms with Crippen LogP contribution >= 0.6 is 0 Å². The molecule has 0 saturated heterocycles. The van der Waals surface area contributed by atoms with Crippen LogP contribution in [0.25, 0.3) is 0 Å². The molecule has 0 radical (unpaired) electrons. The van der Waals surface area contributed by atoms with Crippen LogP contribution in [0.1, 0.15) is 24.2 Å². The molecule has 1 atom stereocenters. The first kappa shape index (κ1) is 10.9. The second-order valence-electron chi connectivity index (χ2n) is 3.85. The van der Waals surface area contributed by atoms with Gasteiger partial charge in [-0.3, -0.25) is 0 Å². The van der Waals surface area contributed by atoms with Gasteiger partial charge >= 0.3 is 0 Å². The number of rotatable bonds is 4. The first-order chi connectivity index (χ1) is 7.86. The summed E-state index contributed by atoms with van der Waals surface area (Å²) in [5, 5.41) is 0. The maximum Gasteiger partial charge on any atom is 0.0801 e. The maximum atomic E-state index is 5.81. The fourth-order valence-corrected chi connectivity index (χ4v) is 1.62. The van der Waals surface area contributed by atoms with Gasteiger partial charge in [0.25, 0.3) is 0 Å². The monoisotopic (exact) mass is 212 g/mol. The third kappa shape index (κ3) is 2.94. The summed E-state index contributed by atoms with van der Waals surface area (Å²) in [6.45, 7) is 2.75. The van der Waals surface area contributed by atoms with Crippen molar-refractivity contribution in [2.24, 2.45) is 0 Å². The van der Waals surface area contributed by atoms with Crippen LogP contribution in [0, 0.1) is 0 Å². The molecule has 0 saturated carbocycles. The molecule has 0 spiro atoms. The molecule has 0 amide bonds. The summed E-state index contributed by atoms with van der Waals surface area (Å²) in [4.78, 5) is 0. The lowest BCUT2D eigenvalue weighted by Crippen LogP contribution is -1.99. The highest BCUT2D eigenvalue weighted by Gasteiger charge is 2.04. The van der Waals surface area contributed by atoms with E-state index in [1.807, 2.05) is 36.4 Å². The van der Waals surface area contributed by atoms with E-state index in [0.29, 0.717) is 6.61 Å². The van der Waals surface area contributed by atoms with Crippen molar-refractivity contribution >= 4 is 0 Å². The third-order valence-corrected chi connectivity index (χ3v) is 2.61. The molecule has 0 aromatic heterocycles. The number of ether oxygens (including phenoxy) is 1. The van der Waals surface area contributed by atoms with Gasteiger partial charge in [0.15, 0.2) is 0 Å². The Morgan fingerprint density at radius 3 is 2.06 bits per heavy atom. The van der Waals surface area contributed by atoms with Crippen molar-refractivity contribution in [1.82, 2.24) is 0 Å². The Labute approximate surface area is 96.7 Å². The molecule has 0 bridgehead atoms. The van der Waals surface area contributed by atoms with Gasteiger partial charge in [0, 0.05) is 0 Å². The molecule has 1 heteroatoms. The van der Waals surface area contributed by atoms with Crippen LogP contribution in [0.5, 0.6) is 0 Å². The van der Waals surface area contributed by atoms with Crippen LogP contribution in [0.3, 0.4) is 0 Å². The van der Waals surface area contributed by atoms with E-state index in [0.717, 1.165) is 0 Å². The van der Waals surface area contributed by atoms with Gasteiger partial charge < -0.3 is 4.74 Å². The molecule has 0 aliphatic rings. The minimum atomic E-state index is 0.140. The average molecular weight is 212 g/mol. The van der Waals surface area contributed by atoms with Gasteiger partial charge in [-0.25, -0.2) is 0 Å². The molecule has 0 heterocycles. The first-order valence-electron chi connectivity index (χ1n) is 5.57. The lowest BCUT2D eigenvalue weighted by Gasteiger charge is -2.13. The minimum absolute atomic E-state index is 0.140. The van der Waals surface area contributed by atoms with E-state index < -0.39 is 0 Å². The number of hydrogen-bond donors (Lipinski definition) is 0. The van der Waals surface area contributed by atoms with Crippen LogP contribution < -0.4 is 0 Å². The van der Waals surface area contributed by atoms with Crippen LogP contribution in [0.2, 0.25) is 0 Å². The van der Waals surface area contributed by atoms with Crippen molar-refractivity contribution in [3.63, 3.8) is 0 Å². The van der Waals surface area contributed by atoms with Crippen LogP contribution in [0.4, 0.5) is 0 Å². The van der Waals surface area contributed by atoms with E-state index in [2.05, 4.69) is 31.2 Å². The topological polar surface area (TPSA) is 9.23 Å². The summed E-state index contributed by atoms with van der Waals surface area (Å²) < 4.78 is 5.81. The Bertz CT molecular complexity index is 408. The standard InChI is InChI=1S/C15H16O/c1-13(15-10-6-3-7-11-15)16-12-14-8-4-2-5-9-14/h2-11,13H,12H2,1H3/t13-/m0/s1. The van der Waals surface area contributed by atoms with Crippen LogP contribution in [-0.4, -0.2) is 0 Å². The van der Waals surface area contributed by atoms with Crippen molar-refractivity contribution in [2.75, 3.05) is 0 Å². The quantitative estimate of drug-likeness (QED) is 0.745. The Balaban J connectivity index is 1.92. The van der Waals surface area contributed by atoms with Gasteiger partial charge in [-0.2, -0.15) is 0 Å². The van der Waals surface area contributed by atoms with Gasteiger partial charge in [-0.15, -0.1) is 0 Å². The second-order valence-corrected chi connectivity index (χ2v) is 3.85. The van der Waals surface area contributed by atoms with Gasteiger partial charge in [0.2, 0.25) is 0 Å². The maximum absolute atomic E-state index is 5.81. The van der Waals surface area contributed by atoms with Crippen molar-refractivity contribution in [1.29, 1.82) is 0 Å². The Kier molecular flexibility index (Phi) is 3.73. The fraction of sp³-hybridized carbons (Fsp3) is 0.200. The highest BCUT2D eigenvalue weighted by molar-refractivity contribution is 5.17. The molecule has 0 aliphatic carbocycles. The average Bonchev–Trinajstić information content (AvgIpc) is 2.38. The Morgan fingerprint density at radius 1 is 0.875 bits per heavy atom. The summed E-state index contributed by atoms with van der Waals surface area (Å²) in [6, 6.07) is 20.5. The zero-order valence-corrected chi connectivity index (χ0v) is 9.47. The molecule has 0 aliphatic heterocycles. The molecule has 0 fully saturated rings. The van der Waals surface area contributed by atoms with E-state index in [-0.39, 0.29) is 6.10 Å². The predicted octanol–water partition coefficient (Wildman–Crippen LogP) is 3.96. The fourth-order valence-electron chi connectivity index (χ4n) is 1.62. The summed E-state index contributed by atoms with van der Waals surface area (Å²) >= 11 is 0. The van der Waals surface area contributed by atoms with Gasteiger partial charge in [0.05, 0.1) is 12.7 Å². The van der Waals surface area contributed by atoms with E-state index in [1.165, 1.54) is 11.1 Å². The lowest BCUT2D eigenvalue weighted by molar-refractivity contribution is 0.0525. The third-order valence-electron chi connectivity index (χ3n) is 2.61. The summed E-state index contributed by atoms with van der Waals surface area (Å²) in [7, 11) is 0. The zero-order chi connectivity index (χ0) is 11.2. The number of hydrogen-bond acceptors (Lipinski definition) is 1. The van der Waals surface area contributed by atoms with E-state index >= 15 is 0 Å². The summed E-state index contributed by atoms with van der Waals surface area (Å²) in [5.74, 6) is 0. The van der Waals surface area contributed by atoms with Gasteiger partial charge in [-0.1, -0.05) is 60.7 Å². The largest absolute Gasteiger partial charge is 0.369 e. The SMILES string of the molecule is C[C@H](OCc1ccccc1)c1ccccc1. The van der Waals surface area contributed by atoms with Crippen molar-refractivity contribution < 1.29 is 4.74 Å². The molecular formula is C15H16O. The summed E-state index contributed by atoms with van der Waals surface area (Å²) in [5.41, 5.74) is 2.43. The normalized spacial score (nSPS) is 12.3. The van der Waals surface area contributed by atoms with Crippen LogP contribution in [-0.2, 0) is 11.3 Å². The molecule has 0 unspecified atom stereocenters. The van der Waals surface area contributed by atoms with Crippen molar-refractivity contribution in [3.8, 4) is 0 Å². The molecule has 2 aromatic carbocycles. The van der Waals surface area contributed by atoms with E-state index in [4.69, 9.17) is 4.74 Å². The molecule has 82 valence electrons. The summed E-state index contributed by atoms with van der Waals surface area (Å²) in [6.07, 6.45) is 0.140. The highest BCUT2D eigenvalue weighted by Crippen LogP contribution is 2.17. The Morgan fingerprint density at radius 2 is 1.44 bits per heavy atom. The highest BCUT2D eigenvalue weighted by atomic mass is 16.5. The lowest BCUT2D eigenvalue weighted by atomic mass is 10.1. The number of benzene rings is 2. The first-order valence-corrected chi connectivity index (χ1v) is 5.57. The minimum Gasteiger partial charge on any atom is -0.369 e. The Hall–Kier alpha value is -1.60. The molecular weight excluding hydrogens is 196 g/mol. The van der Waals surface area contributed by atoms with Gasteiger partial charge in [-0.05, 0) is 18.1 Å². The van der Waals surface area contributed by atoms with Crippen molar-refractivity contribution in [2.45, 2.75) is 19.6 Å². The predicted molar refractivity (Wildman–Crippen MR) is 66.1 cm³/mol. The van der Waals surface area contributed by atoms with E-state index in [1.54, 1.807) is 0 Å². The molecule has 0 N–H and O–H groups in total. The molecule has 1 nitrogen and oxygen atoms in total. The van der Waals surface area contributed by atoms with Crippen molar-refractivity contribution in [3.05, 3.63) is 71.8 Å². The van der Waals surface area contributed by atoms with Crippen LogP contribution in [0.15, 0.2) is 60.7 Å². The second kappa shape index (κ2) is 5.47. The molecule has 16 heavy (non-hydrogen) atoms. The molecule has 2 rings (SSSR count). The molecule has 2 aromatic rings. The zero-order valence-electron chi connectivity index (χ0n) is 9.47.